The number of aliphatic carboxylic acids is 1. The first-order chi connectivity index (χ1) is 7.18. The molecule has 1 aliphatic carbocycles. The maximum Gasteiger partial charge on any atom is 0.303 e. The monoisotopic (exact) mass is 210 g/mol. The number of hydrazine groups is 1. The van der Waals surface area contributed by atoms with E-state index in [1.807, 2.05) is 24.3 Å². The lowest BCUT2D eigenvalue weighted by Crippen LogP contribution is -2.43. The van der Waals surface area contributed by atoms with Crippen molar-refractivity contribution in [2.45, 2.75) is 25.3 Å². The van der Waals surface area contributed by atoms with Crippen LogP contribution in [0, 0.1) is 0 Å². The minimum Gasteiger partial charge on any atom is -0.481 e. The largest absolute Gasteiger partial charge is 0.481 e. The van der Waals surface area contributed by atoms with Crippen molar-refractivity contribution in [2.75, 3.05) is 0 Å². The Kier molecular flexibility index (Phi) is 4.56. The number of carbonyl (C=O) groups is 2. The van der Waals surface area contributed by atoms with Gasteiger partial charge in [0, 0.05) is 12.5 Å². The smallest absolute Gasteiger partial charge is 0.303 e. The Hall–Kier alpha value is -1.62. The molecule has 1 unspecified atom stereocenters. The first-order valence-electron chi connectivity index (χ1n) is 4.78. The molecule has 0 saturated heterocycles. The molecule has 0 fully saturated rings. The highest BCUT2D eigenvalue weighted by atomic mass is 16.4. The molecule has 0 aromatic heterocycles. The Bertz CT molecular complexity index is 297. The number of hydrogen-bond acceptors (Lipinski definition) is 3. The summed E-state index contributed by atoms with van der Waals surface area (Å²) in [6, 6.07) is 0.0868. The molecule has 5 nitrogen and oxygen atoms in total. The maximum atomic E-state index is 11.1. The lowest BCUT2D eigenvalue weighted by atomic mass is 10.1. The Labute approximate surface area is 87.8 Å². The second kappa shape index (κ2) is 5.98. The Morgan fingerprint density at radius 1 is 1.33 bits per heavy atom. The summed E-state index contributed by atoms with van der Waals surface area (Å²) in [5.41, 5.74) is 5.28. The number of rotatable bonds is 5. The Morgan fingerprint density at radius 3 is 2.73 bits per heavy atom. The Morgan fingerprint density at radius 2 is 2.13 bits per heavy atom. The van der Waals surface area contributed by atoms with Gasteiger partial charge in [-0.25, -0.2) is 5.43 Å². The molecule has 1 aliphatic rings. The number of amides is 1. The van der Waals surface area contributed by atoms with Gasteiger partial charge in [0.25, 0.3) is 0 Å². The summed E-state index contributed by atoms with van der Waals surface area (Å²) in [5, 5.41) is 8.36. The third-order valence-corrected chi connectivity index (χ3v) is 1.94. The van der Waals surface area contributed by atoms with Crippen molar-refractivity contribution in [2.24, 2.45) is 0 Å². The molecule has 0 heterocycles. The molecular weight excluding hydrogens is 196 g/mol. The molecule has 0 bridgehead atoms. The maximum absolute atomic E-state index is 11.1. The van der Waals surface area contributed by atoms with Crippen LogP contribution in [-0.2, 0) is 9.59 Å². The fourth-order valence-corrected chi connectivity index (χ4v) is 1.14. The number of hydrogen-bond donors (Lipinski definition) is 3. The van der Waals surface area contributed by atoms with Gasteiger partial charge < -0.3 is 5.11 Å². The van der Waals surface area contributed by atoms with Crippen molar-refractivity contribution < 1.29 is 14.7 Å². The molecule has 0 radical (unpaired) electrons. The van der Waals surface area contributed by atoms with E-state index in [4.69, 9.17) is 5.11 Å². The molecule has 0 spiro atoms. The number of nitrogens with one attached hydrogen (secondary N) is 2. The van der Waals surface area contributed by atoms with Crippen LogP contribution in [-0.4, -0.2) is 23.0 Å². The fraction of sp³-hybridized carbons (Fsp3) is 0.400. The molecule has 3 N–H and O–H groups in total. The molecule has 0 aromatic carbocycles. The lowest BCUT2D eigenvalue weighted by Gasteiger charge is -2.15. The van der Waals surface area contributed by atoms with Crippen molar-refractivity contribution in [3.63, 3.8) is 0 Å². The van der Waals surface area contributed by atoms with Crippen LogP contribution in [0.25, 0.3) is 0 Å². The minimum absolute atomic E-state index is 0.00535. The third kappa shape index (κ3) is 4.97. The van der Waals surface area contributed by atoms with E-state index in [1.54, 1.807) is 0 Å². The number of carboxylic acid groups (broad SMARTS) is 1. The van der Waals surface area contributed by atoms with Crippen LogP contribution in [0.15, 0.2) is 24.3 Å². The molecule has 1 atom stereocenters. The van der Waals surface area contributed by atoms with Crippen LogP contribution in [0.4, 0.5) is 0 Å². The third-order valence-electron chi connectivity index (χ3n) is 1.94. The molecule has 1 rings (SSSR count). The molecular formula is C10H14N2O3. The molecule has 0 aliphatic heterocycles. The predicted molar refractivity (Wildman–Crippen MR) is 54.8 cm³/mol. The molecule has 15 heavy (non-hydrogen) atoms. The Balaban J connectivity index is 2.13. The highest BCUT2D eigenvalue weighted by Crippen LogP contribution is 2.01. The SMILES string of the molecule is O=C(O)CCC(=O)NNC1C=CC=CC1. The van der Waals surface area contributed by atoms with Crippen molar-refractivity contribution in [3.05, 3.63) is 24.3 Å². The minimum atomic E-state index is -0.967. The van der Waals surface area contributed by atoms with E-state index in [-0.39, 0.29) is 24.8 Å². The average Bonchev–Trinajstić information content (AvgIpc) is 2.25. The highest BCUT2D eigenvalue weighted by Gasteiger charge is 2.07. The first-order valence-corrected chi connectivity index (χ1v) is 4.78. The van der Waals surface area contributed by atoms with Crippen LogP contribution in [0.5, 0.6) is 0 Å². The second-order valence-electron chi connectivity index (χ2n) is 3.24. The van der Waals surface area contributed by atoms with Crippen LogP contribution in [0.3, 0.4) is 0 Å². The van der Waals surface area contributed by atoms with E-state index in [2.05, 4.69) is 10.9 Å². The average molecular weight is 210 g/mol. The van der Waals surface area contributed by atoms with E-state index >= 15 is 0 Å². The van der Waals surface area contributed by atoms with Gasteiger partial charge in [0.15, 0.2) is 0 Å². The molecule has 82 valence electrons. The fourth-order valence-electron chi connectivity index (χ4n) is 1.14. The number of carboxylic acids is 1. The zero-order valence-corrected chi connectivity index (χ0v) is 8.27. The zero-order chi connectivity index (χ0) is 11.1. The molecule has 0 aromatic rings. The van der Waals surface area contributed by atoms with Gasteiger partial charge in [-0.2, -0.15) is 0 Å². The summed E-state index contributed by atoms with van der Waals surface area (Å²) >= 11 is 0. The van der Waals surface area contributed by atoms with Crippen molar-refractivity contribution in [1.29, 1.82) is 0 Å². The van der Waals surface area contributed by atoms with Crippen LogP contribution < -0.4 is 10.9 Å². The van der Waals surface area contributed by atoms with Gasteiger partial charge in [-0.1, -0.05) is 24.3 Å². The van der Waals surface area contributed by atoms with E-state index in [0.29, 0.717) is 0 Å². The summed E-state index contributed by atoms with van der Waals surface area (Å²) in [7, 11) is 0. The van der Waals surface area contributed by atoms with E-state index < -0.39 is 5.97 Å². The van der Waals surface area contributed by atoms with Crippen LogP contribution in [0.1, 0.15) is 19.3 Å². The standard InChI is InChI=1S/C10H14N2O3/c13-9(6-7-10(14)15)12-11-8-4-2-1-3-5-8/h1-4,8,11H,5-7H2,(H,12,13)(H,14,15). The van der Waals surface area contributed by atoms with Gasteiger partial charge >= 0.3 is 5.97 Å². The molecule has 5 heteroatoms. The lowest BCUT2D eigenvalue weighted by molar-refractivity contribution is -0.139. The summed E-state index contributed by atoms with van der Waals surface area (Å²) in [4.78, 5) is 21.3. The number of carbonyl (C=O) groups excluding carboxylic acids is 1. The van der Waals surface area contributed by atoms with E-state index in [9.17, 15) is 9.59 Å². The van der Waals surface area contributed by atoms with Gasteiger partial charge in [0.05, 0.1) is 6.42 Å². The van der Waals surface area contributed by atoms with Gasteiger partial charge in [-0.15, -0.1) is 0 Å². The zero-order valence-electron chi connectivity index (χ0n) is 8.27. The summed E-state index contributed by atoms with van der Waals surface area (Å²) in [6.45, 7) is 0. The normalized spacial score (nSPS) is 18.8. The topological polar surface area (TPSA) is 78.4 Å². The van der Waals surface area contributed by atoms with Gasteiger partial charge in [-0.3, -0.25) is 15.0 Å². The van der Waals surface area contributed by atoms with Crippen LogP contribution in [0.2, 0.25) is 0 Å². The summed E-state index contributed by atoms with van der Waals surface area (Å²) < 4.78 is 0. The van der Waals surface area contributed by atoms with Crippen molar-refractivity contribution in [3.8, 4) is 0 Å². The first kappa shape index (κ1) is 11.5. The number of allylic oxidation sites excluding steroid dienone is 2. The van der Waals surface area contributed by atoms with Gasteiger partial charge in [0.2, 0.25) is 5.91 Å². The van der Waals surface area contributed by atoms with Gasteiger partial charge in [-0.05, 0) is 6.42 Å². The highest BCUT2D eigenvalue weighted by molar-refractivity contribution is 5.80. The van der Waals surface area contributed by atoms with E-state index in [0.717, 1.165) is 6.42 Å². The second-order valence-corrected chi connectivity index (χ2v) is 3.24. The van der Waals surface area contributed by atoms with E-state index in [1.165, 1.54) is 0 Å². The van der Waals surface area contributed by atoms with Crippen LogP contribution >= 0.6 is 0 Å². The predicted octanol–water partition coefficient (Wildman–Crippen LogP) is 0.357. The molecule has 0 saturated carbocycles. The molecule has 1 amide bonds. The van der Waals surface area contributed by atoms with Crippen molar-refractivity contribution in [1.82, 2.24) is 10.9 Å². The van der Waals surface area contributed by atoms with Crippen molar-refractivity contribution >= 4 is 11.9 Å². The van der Waals surface area contributed by atoms with Gasteiger partial charge in [0.1, 0.15) is 0 Å². The summed E-state index contributed by atoms with van der Waals surface area (Å²) in [6.07, 6.45) is 8.41. The summed E-state index contributed by atoms with van der Waals surface area (Å²) in [5.74, 6) is -1.27. The quantitative estimate of drug-likeness (QED) is 0.572.